The Morgan fingerprint density at radius 1 is 1.10 bits per heavy atom. The number of hydrogen-bond acceptors (Lipinski definition) is 9. The first-order valence-electron chi connectivity index (χ1n) is 18.3. The summed E-state index contributed by atoms with van der Waals surface area (Å²) >= 11 is 0. The van der Waals surface area contributed by atoms with Gasteiger partial charge in [-0.2, -0.15) is 0 Å². The largest absolute Gasteiger partial charge is 0.496 e. The summed E-state index contributed by atoms with van der Waals surface area (Å²) < 4.78 is 5.55. The van der Waals surface area contributed by atoms with Crippen LogP contribution < -0.4 is 20.7 Å². The predicted octanol–water partition coefficient (Wildman–Crippen LogP) is 2.97. The summed E-state index contributed by atoms with van der Waals surface area (Å²) in [6, 6.07) is 0.845. The van der Waals surface area contributed by atoms with Gasteiger partial charge in [-0.1, -0.05) is 39.3 Å². The first kappa shape index (κ1) is 37.0. The molecule has 1 aromatic carbocycles. The van der Waals surface area contributed by atoms with Crippen LogP contribution in [-0.4, -0.2) is 93.4 Å². The number of aromatic nitrogens is 2. The number of ketones is 1. The smallest absolute Gasteiger partial charge is 0.289 e. The molecule has 1 saturated heterocycles. The molecule has 6 atom stereocenters. The Morgan fingerprint density at radius 2 is 1.81 bits per heavy atom. The van der Waals surface area contributed by atoms with Gasteiger partial charge in [0.1, 0.15) is 17.8 Å². The Labute approximate surface area is 304 Å². The number of imidazole rings is 1. The summed E-state index contributed by atoms with van der Waals surface area (Å²) in [5.74, 6) is -2.26. The van der Waals surface area contributed by atoms with Crippen molar-refractivity contribution in [3.05, 3.63) is 47.0 Å². The number of oxime groups is 1. The van der Waals surface area contributed by atoms with Gasteiger partial charge in [0.05, 0.1) is 37.4 Å². The van der Waals surface area contributed by atoms with Crippen LogP contribution in [0.15, 0.2) is 29.8 Å². The third-order valence-corrected chi connectivity index (χ3v) is 10.6. The van der Waals surface area contributed by atoms with E-state index in [1.54, 1.807) is 19.6 Å². The first-order valence-corrected chi connectivity index (χ1v) is 18.3. The SMILES string of the molecule is CCC[C@H](NC(=O)C1C[C@]2(CC(c3cc(C)c(OC)c(C)c3)=NO2)CN1C(=O)[C@@H](NC(=O)[C@@H]1C[C@H]1c1c[nH]cn1)C(C)(C)C)C(=O)C(=O)NC1CC1. The van der Waals surface area contributed by atoms with Crippen molar-refractivity contribution in [3.63, 3.8) is 0 Å². The summed E-state index contributed by atoms with van der Waals surface area (Å²) in [4.78, 5) is 83.4. The zero-order chi connectivity index (χ0) is 37.5. The molecule has 2 aliphatic heterocycles. The average Bonchev–Trinajstić information content (AvgIpc) is 3.92. The van der Waals surface area contributed by atoms with Gasteiger partial charge in [0.25, 0.3) is 5.91 Å². The highest BCUT2D eigenvalue weighted by Gasteiger charge is 2.56. The van der Waals surface area contributed by atoms with Crippen molar-refractivity contribution in [1.82, 2.24) is 30.8 Å². The Morgan fingerprint density at radius 3 is 2.40 bits per heavy atom. The molecule has 14 heteroatoms. The zero-order valence-electron chi connectivity index (χ0n) is 31.1. The lowest BCUT2D eigenvalue weighted by molar-refractivity contribution is -0.145. The van der Waals surface area contributed by atoms with Crippen LogP contribution >= 0.6 is 0 Å². The van der Waals surface area contributed by atoms with E-state index in [1.165, 1.54) is 4.90 Å². The molecule has 2 aliphatic carbocycles. The lowest BCUT2D eigenvalue weighted by Crippen LogP contribution is -2.59. The van der Waals surface area contributed by atoms with Gasteiger partial charge in [0.2, 0.25) is 23.5 Å². The first-order chi connectivity index (χ1) is 24.6. The molecule has 52 heavy (non-hydrogen) atoms. The summed E-state index contributed by atoms with van der Waals surface area (Å²) in [7, 11) is 1.63. The standard InChI is InChI=1S/C38H51N7O7/c1-8-9-26(30(46)35(49)41-23-10-11-23)42-34(48)29-16-38(15-27(44-52-38)22-12-20(2)31(51-7)21(3)13-22)18-45(29)36(50)32(37(4,5)6)43-33(47)25-14-24(25)28-17-39-19-40-28/h12-13,17,19,23-26,29,32H,8-11,14-16,18H2,1-7H3,(H,39,40)(H,41,49)(H,42,48)(H,43,47)/t24-,25-,26+,29?,32-,38-/m1/s1. The van der Waals surface area contributed by atoms with Crippen LogP contribution in [0.25, 0.3) is 0 Å². The van der Waals surface area contributed by atoms with Crippen LogP contribution in [0.5, 0.6) is 5.75 Å². The highest BCUT2D eigenvalue weighted by molar-refractivity contribution is 6.38. The molecular formula is C38H51N7O7. The molecule has 1 aromatic heterocycles. The van der Waals surface area contributed by atoms with E-state index in [9.17, 15) is 24.0 Å². The molecule has 2 aromatic rings. The molecule has 14 nitrogen and oxygen atoms in total. The fraction of sp³-hybridized carbons (Fsp3) is 0.605. The fourth-order valence-corrected chi connectivity index (χ4v) is 7.54. The summed E-state index contributed by atoms with van der Waals surface area (Å²) in [5.41, 5.74) is 2.45. The maximum atomic E-state index is 14.7. The van der Waals surface area contributed by atoms with Crippen LogP contribution in [0, 0.1) is 25.2 Å². The molecule has 1 spiro atoms. The third-order valence-electron chi connectivity index (χ3n) is 10.6. The minimum Gasteiger partial charge on any atom is -0.496 e. The zero-order valence-corrected chi connectivity index (χ0v) is 31.1. The highest BCUT2D eigenvalue weighted by Crippen LogP contribution is 2.47. The van der Waals surface area contributed by atoms with Crippen LogP contribution in [0.2, 0.25) is 0 Å². The van der Waals surface area contributed by atoms with E-state index in [2.05, 4.69) is 31.1 Å². The maximum absolute atomic E-state index is 14.7. The predicted molar refractivity (Wildman–Crippen MR) is 191 cm³/mol. The number of aromatic amines is 1. The second-order valence-corrected chi connectivity index (χ2v) is 16.0. The molecule has 3 fully saturated rings. The highest BCUT2D eigenvalue weighted by atomic mass is 16.7. The van der Waals surface area contributed by atoms with E-state index in [0.29, 0.717) is 25.0 Å². The van der Waals surface area contributed by atoms with Crippen molar-refractivity contribution >= 4 is 35.1 Å². The average molecular weight is 718 g/mol. The van der Waals surface area contributed by atoms with Crippen LogP contribution in [0.3, 0.4) is 0 Å². The number of carbonyl (C=O) groups excluding carboxylic acids is 5. The number of amides is 4. The Kier molecular flexibility index (Phi) is 10.2. The van der Waals surface area contributed by atoms with Gasteiger partial charge in [0, 0.05) is 42.5 Å². The Balaban J connectivity index is 1.25. The van der Waals surface area contributed by atoms with E-state index in [1.807, 2.05) is 53.7 Å². The number of Topliss-reactive ketones (excluding diaryl/α,β-unsaturated/α-hetero) is 1. The topological polar surface area (TPSA) is 184 Å². The fourth-order valence-electron chi connectivity index (χ4n) is 7.54. The van der Waals surface area contributed by atoms with Crippen molar-refractivity contribution in [1.29, 1.82) is 0 Å². The van der Waals surface area contributed by atoms with Crippen molar-refractivity contribution in [3.8, 4) is 5.75 Å². The second kappa shape index (κ2) is 14.3. The van der Waals surface area contributed by atoms with E-state index >= 15 is 0 Å². The Hall–Kier alpha value is -4.75. The van der Waals surface area contributed by atoms with Gasteiger partial charge < -0.3 is 35.4 Å². The number of nitrogens with zero attached hydrogens (tertiary/aromatic N) is 3. The normalized spacial score (nSPS) is 24.8. The van der Waals surface area contributed by atoms with Gasteiger partial charge in [-0.05, 0) is 68.2 Å². The van der Waals surface area contributed by atoms with E-state index in [-0.39, 0.29) is 43.2 Å². The van der Waals surface area contributed by atoms with E-state index in [0.717, 1.165) is 41.0 Å². The molecule has 6 rings (SSSR count). The molecule has 0 bridgehead atoms. The van der Waals surface area contributed by atoms with E-state index < -0.39 is 52.6 Å². The molecule has 3 heterocycles. The number of H-pyrrole nitrogens is 1. The van der Waals surface area contributed by atoms with Gasteiger partial charge >= 0.3 is 0 Å². The molecule has 1 unspecified atom stereocenters. The minimum absolute atomic E-state index is 0.0148. The maximum Gasteiger partial charge on any atom is 0.289 e. The summed E-state index contributed by atoms with van der Waals surface area (Å²) in [5, 5.41) is 13.0. The summed E-state index contributed by atoms with van der Waals surface area (Å²) in [6.07, 6.45) is 6.84. The quantitative estimate of drug-likeness (QED) is 0.228. The lowest BCUT2D eigenvalue weighted by Gasteiger charge is -2.35. The molecule has 4 N–H and O–H groups in total. The number of aryl methyl sites for hydroxylation is 2. The van der Waals surface area contributed by atoms with Gasteiger partial charge in [-0.15, -0.1) is 0 Å². The van der Waals surface area contributed by atoms with E-state index in [4.69, 9.17) is 9.57 Å². The number of carbonyl (C=O) groups is 5. The number of hydrogen-bond donors (Lipinski definition) is 4. The van der Waals surface area contributed by atoms with Crippen molar-refractivity contribution in [2.75, 3.05) is 13.7 Å². The number of likely N-dealkylation sites (tertiary alicyclic amines) is 1. The molecule has 2 saturated carbocycles. The minimum atomic E-state index is -1.06. The van der Waals surface area contributed by atoms with Crippen molar-refractivity contribution in [2.45, 2.75) is 122 Å². The molecule has 4 aliphatic rings. The Bertz CT molecular complexity index is 1740. The second-order valence-electron chi connectivity index (χ2n) is 16.0. The van der Waals surface area contributed by atoms with Gasteiger partial charge in [-0.3, -0.25) is 24.0 Å². The lowest BCUT2D eigenvalue weighted by atomic mass is 9.85. The molecule has 0 radical (unpaired) electrons. The summed E-state index contributed by atoms with van der Waals surface area (Å²) in [6.45, 7) is 11.4. The molecular weight excluding hydrogens is 666 g/mol. The number of rotatable bonds is 13. The third kappa shape index (κ3) is 7.70. The van der Waals surface area contributed by atoms with Crippen LogP contribution in [-0.2, 0) is 28.8 Å². The monoisotopic (exact) mass is 717 g/mol. The number of nitrogens with one attached hydrogen (secondary N) is 4. The van der Waals surface area contributed by atoms with Crippen LogP contribution in [0.4, 0.5) is 0 Å². The van der Waals surface area contributed by atoms with Gasteiger partial charge in [-0.25, -0.2) is 4.98 Å². The van der Waals surface area contributed by atoms with Crippen molar-refractivity contribution < 1.29 is 33.5 Å². The van der Waals surface area contributed by atoms with Gasteiger partial charge in [0.15, 0.2) is 5.60 Å². The van der Waals surface area contributed by atoms with Crippen molar-refractivity contribution in [2.24, 2.45) is 16.5 Å². The number of benzene rings is 1. The van der Waals surface area contributed by atoms with Crippen LogP contribution in [0.1, 0.15) is 101 Å². The molecule has 280 valence electrons. The molecule has 4 amide bonds. The number of methoxy groups -OCH3 is 1. The number of ether oxygens (including phenoxy) is 1.